The first-order valence-electron chi connectivity index (χ1n) is 6.20. The largest absolute Gasteiger partial charge is 0.477 e. The lowest BCUT2D eigenvalue weighted by Gasteiger charge is -2.36. The van der Waals surface area contributed by atoms with E-state index in [-0.39, 0.29) is 12.8 Å². The number of alkyl halides is 8. The van der Waals surface area contributed by atoms with Crippen LogP contribution in [0, 0.1) is 0 Å². The average Bonchev–Trinajstić information content (AvgIpc) is 2.38. The molecule has 0 aliphatic heterocycles. The molecular formula is C11H12F8O3. The number of hydrogen-bond donors (Lipinski definition) is 1. The van der Waals surface area contributed by atoms with E-state index in [1.807, 2.05) is 0 Å². The van der Waals surface area contributed by atoms with Crippen LogP contribution >= 0.6 is 0 Å². The lowest BCUT2D eigenvalue weighted by atomic mass is 9.97. The predicted octanol–water partition coefficient (Wildman–Crippen LogP) is 3.92. The molecule has 0 aromatic heterocycles. The first-order chi connectivity index (χ1) is 9.77. The van der Waals surface area contributed by atoms with Crippen LogP contribution in [0.2, 0.25) is 0 Å². The van der Waals surface area contributed by atoms with Gasteiger partial charge in [0.15, 0.2) is 0 Å². The Morgan fingerprint density at radius 3 is 1.73 bits per heavy atom. The Kier molecular flexibility index (Phi) is 5.00. The van der Waals surface area contributed by atoms with Crippen molar-refractivity contribution >= 4 is 5.97 Å². The van der Waals surface area contributed by atoms with Crippen molar-refractivity contribution in [1.82, 2.24) is 0 Å². The first kappa shape index (κ1) is 18.9. The van der Waals surface area contributed by atoms with E-state index in [4.69, 9.17) is 5.11 Å². The Balaban J connectivity index is 3.05. The number of ether oxygens (including phenoxy) is 1. The first-order valence-corrected chi connectivity index (χ1v) is 6.20. The van der Waals surface area contributed by atoms with Gasteiger partial charge in [0.25, 0.3) is 0 Å². The summed E-state index contributed by atoms with van der Waals surface area (Å²) in [6, 6.07) is 0. The molecule has 0 aromatic carbocycles. The van der Waals surface area contributed by atoms with Gasteiger partial charge in [-0.05, 0) is 12.8 Å². The normalized spacial score (nSPS) is 19.3. The monoisotopic (exact) mass is 344 g/mol. The maximum atomic E-state index is 13.3. The lowest BCUT2D eigenvalue weighted by Crippen LogP contribution is -2.65. The maximum absolute atomic E-state index is 13.3. The summed E-state index contributed by atoms with van der Waals surface area (Å²) in [4.78, 5) is 9.98. The van der Waals surface area contributed by atoms with Crippen molar-refractivity contribution in [3.05, 3.63) is 0 Å². The quantitative estimate of drug-likeness (QED) is 0.743. The van der Waals surface area contributed by atoms with Gasteiger partial charge in [-0.3, -0.25) is 0 Å². The van der Waals surface area contributed by atoms with Crippen LogP contribution in [0.15, 0.2) is 0 Å². The third kappa shape index (κ3) is 2.99. The van der Waals surface area contributed by atoms with E-state index in [0.29, 0.717) is 19.3 Å². The molecule has 0 radical (unpaired) electrons. The highest BCUT2D eigenvalue weighted by Gasteiger charge is 2.84. The number of rotatable bonds is 6. The Morgan fingerprint density at radius 1 is 0.864 bits per heavy atom. The second-order valence-electron chi connectivity index (χ2n) is 4.92. The molecule has 0 saturated heterocycles. The average molecular weight is 344 g/mol. The molecule has 0 bridgehead atoms. The zero-order chi connectivity index (χ0) is 17.4. The summed E-state index contributed by atoms with van der Waals surface area (Å²) < 4.78 is 108. The Bertz CT molecular complexity index is 418. The minimum absolute atomic E-state index is 0.118. The lowest BCUT2D eigenvalue weighted by molar-refractivity contribution is -0.431. The molecule has 0 aromatic rings. The van der Waals surface area contributed by atoms with Crippen molar-refractivity contribution in [2.24, 2.45) is 0 Å². The molecule has 1 saturated carbocycles. The summed E-state index contributed by atoms with van der Waals surface area (Å²) in [5.74, 6) is -23.6. The van der Waals surface area contributed by atoms with Crippen LogP contribution in [0.4, 0.5) is 35.1 Å². The molecular weight excluding hydrogens is 332 g/mol. The fourth-order valence-corrected chi connectivity index (χ4v) is 1.98. The van der Waals surface area contributed by atoms with Gasteiger partial charge in [0.05, 0.1) is 6.10 Å². The minimum atomic E-state index is -6.84. The number of halogens is 8. The molecule has 3 nitrogen and oxygen atoms in total. The molecule has 1 fully saturated rings. The topological polar surface area (TPSA) is 46.5 Å². The van der Waals surface area contributed by atoms with E-state index in [9.17, 15) is 39.9 Å². The van der Waals surface area contributed by atoms with Crippen molar-refractivity contribution in [2.75, 3.05) is 0 Å². The van der Waals surface area contributed by atoms with Gasteiger partial charge in [0.2, 0.25) is 0 Å². The molecule has 11 heteroatoms. The molecule has 0 unspecified atom stereocenters. The molecule has 0 spiro atoms. The second-order valence-corrected chi connectivity index (χ2v) is 4.92. The number of hydrogen-bond acceptors (Lipinski definition) is 2. The van der Waals surface area contributed by atoms with Gasteiger partial charge in [0, 0.05) is 0 Å². The summed E-state index contributed by atoms with van der Waals surface area (Å²) in [6.07, 6.45) is -6.42. The van der Waals surface area contributed by atoms with E-state index in [0.717, 1.165) is 0 Å². The van der Waals surface area contributed by atoms with Crippen molar-refractivity contribution < 1.29 is 49.8 Å². The molecule has 0 heterocycles. The maximum Gasteiger partial charge on any atom is 0.426 e. The predicted molar refractivity (Wildman–Crippen MR) is 55.4 cm³/mol. The van der Waals surface area contributed by atoms with E-state index < -0.39 is 35.9 Å². The summed E-state index contributed by atoms with van der Waals surface area (Å²) in [5.41, 5.74) is 0. The van der Waals surface area contributed by atoms with Crippen LogP contribution in [-0.2, 0) is 9.53 Å². The van der Waals surface area contributed by atoms with Crippen molar-refractivity contribution in [2.45, 2.75) is 62.1 Å². The van der Waals surface area contributed by atoms with Gasteiger partial charge in [-0.15, -0.1) is 0 Å². The smallest absolute Gasteiger partial charge is 0.426 e. The van der Waals surface area contributed by atoms with Crippen LogP contribution in [-0.4, -0.2) is 41.1 Å². The van der Waals surface area contributed by atoms with Crippen molar-refractivity contribution in [3.63, 3.8) is 0 Å². The molecule has 22 heavy (non-hydrogen) atoms. The fourth-order valence-electron chi connectivity index (χ4n) is 1.98. The van der Waals surface area contributed by atoms with Crippen LogP contribution < -0.4 is 0 Å². The summed E-state index contributed by atoms with van der Waals surface area (Å²) in [5, 5.41) is 7.88. The van der Waals surface area contributed by atoms with Gasteiger partial charge in [-0.2, -0.15) is 35.1 Å². The van der Waals surface area contributed by atoms with Crippen molar-refractivity contribution in [3.8, 4) is 0 Å². The van der Waals surface area contributed by atoms with Gasteiger partial charge < -0.3 is 9.84 Å². The van der Waals surface area contributed by atoms with Gasteiger partial charge in [-0.25, -0.2) is 4.79 Å². The third-order valence-electron chi connectivity index (χ3n) is 3.29. The Labute approximate surface area is 119 Å². The molecule has 130 valence electrons. The molecule has 0 atom stereocenters. The van der Waals surface area contributed by atoms with Crippen molar-refractivity contribution in [1.29, 1.82) is 0 Å². The van der Waals surface area contributed by atoms with Crippen LogP contribution in [0.25, 0.3) is 0 Å². The number of carbonyl (C=O) groups is 1. The highest BCUT2D eigenvalue weighted by atomic mass is 19.4. The zero-order valence-corrected chi connectivity index (χ0v) is 10.9. The number of aliphatic carboxylic acids is 1. The number of carboxylic acids is 1. The van der Waals surface area contributed by atoms with Crippen LogP contribution in [0.1, 0.15) is 32.1 Å². The molecule has 0 amide bonds. The third-order valence-corrected chi connectivity index (χ3v) is 3.29. The Morgan fingerprint density at radius 2 is 1.32 bits per heavy atom. The highest BCUT2D eigenvalue weighted by Crippen LogP contribution is 2.53. The van der Waals surface area contributed by atoms with E-state index in [1.165, 1.54) is 0 Å². The molecule has 1 aliphatic rings. The fraction of sp³-hybridized carbons (Fsp3) is 0.909. The summed E-state index contributed by atoms with van der Waals surface area (Å²) in [6.45, 7) is 0. The zero-order valence-electron chi connectivity index (χ0n) is 10.9. The van der Waals surface area contributed by atoms with E-state index in [2.05, 4.69) is 4.74 Å². The van der Waals surface area contributed by atoms with E-state index in [1.54, 1.807) is 0 Å². The second kappa shape index (κ2) is 5.82. The SMILES string of the molecule is O=C(O)C(F)(F)C(F)(F)C(F)(F)C(F)(F)OC1CCCCC1. The van der Waals surface area contributed by atoms with Crippen LogP contribution in [0.3, 0.4) is 0 Å². The molecule has 1 aliphatic carbocycles. The Hall–Kier alpha value is -1.13. The number of carboxylic acid groups (broad SMARTS) is 1. The van der Waals surface area contributed by atoms with Gasteiger partial charge in [-0.1, -0.05) is 19.3 Å². The standard InChI is InChI=1S/C11H12F8O3/c12-8(13,7(20)21)9(14,15)10(16,17)11(18,19)22-6-4-2-1-3-5-6/h6H,1-5H2,(H,20,21). The molecule has 1 rings (SSSR count). The van der Waals surface area contributed by atoms with Gasteiger partial charge in [0.1, 0.15) is 0 Å². The molecule has 1 N–H and O–H groups in total. The summed E-state index contributed by atoms with van der Waals surface area (Å²) in [7, 11) is 0. The van der Waals surface area contributed by atoms with Gasteiger partial charge >= 0.3 is 29.8 Å². The summed E-state index contributed by atoms with van der Waals surface area (Å²) >= 11 is 0. The minimum Gasteiger partial charge on any atom is -0.477 e. The van der Waals surface area contributed by atoms with Crippen LogP contribution in [0.5, 0.6) is 0 Å². The van der Waals surface area contributed by atoms with E-state index >= 15 is 0 Å². The highest BCUT2D eigenvalue weighted by molar-refractivity contribution is 5.77.